The van der Waals surface area contributed by atoms with Gasteiger partial charge in [0, 0.05) is 51.2 Å². The number of nitrogens with zero attached hydrogens (tertiary/aromatic N) is 8. The van der Waals surface area contributed by atoms with Crippen LogP contribution >= 0.6 is 0 Å². The van der Waals surface area contributed by atoms with Crippen molar-refractivity contribution in [2.45, 2.75) is 31.5 Å². The van der Waals surface area contributed by atoms with Gasteiger partial charge in [-0.2, -0.15) is 0 Å². The third-order valence-electron chi connectivity index (χ3n) is 8.82. The molecule has 2 atom stereocenters. The van der Waals surface area contributed by atoms with Crippen LogP contribution in [0.1, 0.15) is 12.8 Å². The molecule has 0 saturated carbocycles. The Balaban J connectivity index is 1.20. The fourth-order valence-corrected chi connectivity index (χ4v) is 6.67. The minimum Gasteiger partial charge on any atom is -0.365 e. The standard InChI is InChI=1S/C33H28F3N9O/c1-42-11-3-12-43-18-39-25-9-8-22(35)29(30(25)43)24-4-2-5-28(41-24)40-20-15-26(33(42)46)45(17-20)32-27-16-38-31(44(27)13-10-37-32)21-7-6-19(34)14-23(21)36/h2,4-10,13-14,16,18,20,26H,3,11-12,15,17H2,1H3,(H,40,41)/t20-,26-/m0/s1. The highest BCUT2D eigenvalue weighted by Crippen LogP contribution is 2.34. The highest BCUT2D eigenvalue weighted by atomic mass is 19.1. The zero-order valence-electron chi connectivity index (χ0n) is 24.7. The lowest BCUT2D eigenvalue weighted by Crippen LogP contribution is -2.45. The Hall–Kier alpha value is -5.46. The second-order valence-corrected chi connectivity index (χ2v) is 11.7. The highest BCUT2D eigenvalue weighted by Gasteiger charge is 2.40. The number of pyridine rings is 1. The van der Waals surface area contributed by atoms with Gasteiger partial charge in [-0.1, -0.05) is 6.07 Å². The molecule has 1 N–H and O–H groups in total. The molecule has 6 heterocycles. The van der Waals surface area contributed by atoms with Crippen molar-refractivity contribution in [2.24, 2.45) is 0 Å². The third-order valence-corrected chi connectivity index (χ3v) is 8.82. The lowest BCUT2D eigenvalue weighted by Gasteiger charge is -2.29. The number of hydrogen-bond donors (Lipinski definition) is 1. The molecule has 13 heteroatoms. The fraction of sp³-hybridized carbons (Fsp3) is 0.242. The van der Waals surface area contributed by atoms with Gasteiger partial charge in [0.1, 0.15) is 40.7 Å². The summed E-state index contributed by atoms with van der Waals surface area (Å²) in [6, 6.07) is 11.1. The number of aryl methyl sites for hydroxylation is 1. The Labute approximate surface area is 261 Å². The second-order valence-electron chi connectivity index (χ2n) is 11.7. The first-order chi connectivity index (χ1) is 22.4. The quantitative estimate of drug-likeness (QED) is 0.285. The van der Waals surface area contributed by atoms with E-state index in [9.17, 15) is 13.6 Å². The fourth-order valence-electron chi connectivity index (χ4n) is 6.67. The van der Waals surface area contributed by atoms with Crippen LogP contribution in [0.25, 0.3) is 39.2 Å². The van der Waals surface area contributed by atoms with E-state index in [0.29, 0.717) is 77.7 Å². The summed E-state index contributed by atoms with van der Waals surface area (Å²) in [7, 11) is 1.78. The Morgan fingerprint density at radius 2 is 1.87 bits per heavy atom. The minimum atomic E-state index is -0.729. The number of halogens is 3. The number of hydrogen-bond acceptors (Lipinski definition) is 7. The van der Waals surface area contributed by atoms with Crippen molar-refractivity contribution in [3.05, 3.63) is 90.9 Å². The monoisotopic (exact) mass is 623 g/mol. The molecule has 8 rings (SSSR count). The summed E-state index contributed by atoms with van der Waals surface area (Å²) < 4.78 is 47.4. The molecule has 2 aliphatic rings. The van der Waals surface area contributed by atoms with Crippen molar-refractivity contribution >= 4 is 34.1 Å². The molecule has 46 heavy (non-hydrogen) atoms. The van der Waals surface area contributed by atoms with Crippen molar-refractivity contribution in [3.63, 3.8) is 0 Å². The molecule has 2 aromatic carbocycles. The summed E-state index contributed by atoms with van der Waals surface area (Å²) in [6.07, 6.45) is 7.60. The van der Waals surface area contributed by atoms with Crippen molar-refractivity contribution in [1.29, 1.82) is 0 Å². The summed E-state index contributed by atoms with van der Waals surface area (Å²) >= 11 is 0. The Kier molecular flexibility index (Phi) is 6.62. The van der Waals surface area contributed by atoms with E-state index >= 15 is 4.39 Å². The Morgan fingerprint density at radius 3 is 2.74 bits per heavy atom. The first kappa shape index (κ1) is 28.0. The van der Waals surface area contributed by atoms with Crippen LogP contribution in [-0.2, 0) is 11.3 Å². The van der Waals surface area contributed by atoms with E-state index in [4.69, 9.17) is 4.98 Å². The van der Waals surface area contributed by atoms with Crippen LogP contribution in [0.5, 0.6) is 0 Å². The van der Waals surface area contributed by atoms with Gasteiger partial charge in [-0.05, 0) is 49.2 Å². The maximum atomic E-state index is 15.4. The minimum absolute atomic E-state index is 0.0729. The molecule has 2 aliphatic heterocycles. The van der Waals surface area contributed by atoms with E-state index in [0.717, 1.165) is 6.07 Å². The summed E-state index contributed by atoms with van der Waals surface area (Å²) in [5.41, 5.74) is 2.93. The lowest BCUT2D eigenvalue weighted by atomic mass is 10.1. The lowest BCUT2D eigenvalue weighted by molar-refractivity contribution is -0.131. The zero-order chi connectivity index (χ0) is 31.5. The SMILES string of the molecule is CN1CCCn2cnc3ccc(F)c(c32)-c2cccc(n2)N[C@H]2C[C@@H](C1=O)N(c1nccn3c(-c4ccc(F)cc4F)ncc13)C2. The predicted molar refractivity (Wildman–Crippen MR) is 167 cm³/mol. The predicted octanol–water partition coefficient (Wildman–Crippen LogP) is 5.15. The van der Waals surface area contributed by atoms with Crippen LogP contribution in [0, 0.1) is 17.5 Å². The molecule has 1 fully saturated rings. The molecule has 232 valence electrons. The van der Waals surface area contributed by atoms with Crippen molar-refractivity contribution < 1.29 is 18.0 Å². The molecule has 1 amide bonds. The highest BCUT2D eigenvalue weighted by molar-refractivity contribution is 5.92. The first-order valence-corrected chi connectivity index (χ1v) is 15.0. The number of fused-ring (bicyclic) bond motifs is 6. The summed E-state index contributed by atoms with van der Waals surface area (Å²) in [4.78, 5) is 36.1. The molecule has 1 saturated heterocycles. The van der Waals surface area contributed by atoms with Crippen LogP contribution < -0.4 is 10.2 Å². The smallest absolute Gasteiger partial charge is 0.245 e. The average Bonchev–Trinajstić information content (AvgIpc) is 3.78. The number of likely N-dealkylation sites (N-methyl/N-ethyl adjacent to an activating group) is 1. The van der Waals surface area contributed by atoms with Crippen LogP contribution in [0.2, 0.25) is 0 Å². The molecule has 10 nitrogen and oxygen atoms in total. The number of carbonyl (C=O) groups excluding carboxylic acids is 1. The Morgan fingerprint density at radius 1 is 0.978 bits per heavy atom. The van der Waals surface area contributed by atoms with Crippen molar-refractivity contribution in [2.75, 3.05) is 30.4 Å². The van der Waals surface area contributed by atoms with Gasteiger partial charge in [0.05, 0.1) is 40.4 Å². The molecular formula is C33H28F3N9O. The van der Waals surface area contributed by atoms with Crippen LogP contribution in [-0.4, -0.2) is 71.9 Å². The van der Waals surface area contributed by atoms with Crippen LogP contribution in [0.3, 0.4) is 0 Å². The molecular weight excluding hydrogens is 595 g/mol. The van der Waals surface area contributed by atoms with Gasteiger partial charge in [-0.3, -0.25) is 9.20 Å². The molecule has 4 bridgehead atoms. The van der Waals surface area contributed by atoms with Gasteiger partial charge in [0.15, 0.2) is 5.82 Å². The van der Waals surface area contributed by atoms with Crippen LogP contribution in [0.15, 0.2) is 73.4 Å². The molecule has 0 unspecified atom stereocenters. The number of nitrogens with one attached hydrogen (secondary N) is 1. The topological polar surface area (TPSA) is 96.5 Å². The summed E-state index contributed by atoms with van der Waals surface area (Å²) in [5, 5.41) is 3.47. The average molecular weight is 624 g/mol. The zero-order valence-corrected chi connectivity index (χ0v) is 24.7. The van der Waals surface area contributed by atoms with Gasteiger partial charge < -0.3 is 19.7 Å². The van der Waals surface area contributed by atoms with Gasteiger partial charge >= 0.3 is 0 Å². The largest absolute Gasteiger partial charge is 0.365 e. The number of amides is 1. The maximum absolute atomic E-state index is 15.4. The number of carbonyl (C=O) groups is 1. The van der Waals surface area contributed by atoms with Gasteiger partial charge in [-0.15, -0.1) is 0 Å². The molecule has 0 spiro atoms. The molecule has 0 aliphatic carbocycles. The Bertz CT molecular complexity index is 2140. The number of benzene rings is 2. The van der Waals surface area contributed by atoms with Gasteiger partial charge in [-0.25, -0.2) is 33.1 Å². The molecule has 6 aromatic rings. The molecule has 4 aromatic heterocycles. The van der Waals surface area contributed by atoms with E-state index in [-0.39, 0.29) is 23.3 Å². The van der Waals surface area contributed by atoms with E-state index in [1.54, 1.807) is 53.4 Å². The number of anilines is 2. The van der Waals surface area contributed by atoms with E-state index in [1.807, 2.05) is 21.6 Å². The normalized spacial score (nSPS) is 18.6. The summed E-state index contributed by atoms with van der Waals surface area (Å²) in [6.45, 7) is 1.40. The number of rotatable bonds is 2. The van der Waals surface area contributed by atoms with Gasteiger partial charge in [0.2, 0.25) is 5.91 Å². The van der Waals surface area contributed by atoms with E-state index in [2.05, 4.69) is 20.3 Å². The summed E-state index contributed by atoms with van der Waals surface area (Å²) in [5.74, 6) is -0.511. The van der Waals surface area contributed by atoms with Crippen LogP contribution in [0.4, 0.5) is 24.8 Å². The van der Waals surface area contributed by atoms with Gasteiger partial charge in [0.25, 0.3) is 0 Å². The third kappa shape index (κ3) is 4.61. The van der Waals surface area contributed by atoms with E-state index in [1.165, 1.54) is 18.2 Å². The molecule has 0 radical (unpaired) electrons. The number of imidazole rings is 2. The van der Waals surface area contributed by atoms with E-state index < -0.39 is 17.7 Å². The van der Waals surface area contributed by atoms with Crippen molar-refractivity contribution in [1.82, 2.24) is 33.8 Å². The first-order valence-electron chi connectivity index (χ1n) is 15.0. The maximum Gasteiger partial charge on any atom is 0.245 e. The number of aromatic nitrogens is 6. The van der Waals surface area contributed by atoms with Crippen molar-refractivity contribution in [3.8, 4) is 22.6 Å². The second kappa shape index (κ2) is 10.9.